The van der Waals surface area contributed by atoms with E-state index in [0.29, 0.717) is 24.4 Å². The monoisotopic (exact) mass is 264 g/mol. The number of carbonyl (C=O) groups is 1. The summed E-state index contributed by atoms with van der Waals surface area (Å²) in [4.78, 5) is 15.2. The van der Waals surface area contributed by atoms with Gasteiger partial charge in [-0.05, 0) is 56.9 Å². The van der Waals surface area contributed by atoms with E-state index >= 15 is 0 Å². The number of nitrogens with zero attached hydrogens (tertiary/aromatic N) is 1. The van der Waals surface area contributed by atoms with E-state index < -0.39 is 0 Å². The highest BCUT2D eigenvalue weighted by Crippen LogP contribution is 2.39. The number of hydrogen-bond donors (Lipinski definition) is 1. The Hall–Kier alpha value is -0.570. The summed E-state index contributed by atoms with van der Waals surface area (Å²) in [6.45, 7) is 1.70. The summed E-state index contributed by atoms with van der Waals surface area (Å²) >= 11 is 0. The highest BCUT2D eigenvalue weighted by molar-refractivity contribution is 5.79. The summed E-state index contributed by atoms with van der Waals surface area (Å²) in [5.41, 5.74) is 5.90. The maximum Gasteiger partial charge on any atom is 0.226 e. The van der Waals surface area contributed by atoms with Crippen LogP contribution in [0.2, 0.25) is 0 Å². The van der Waals surface area contributed by atoms with E-state index in [1.54, 1.807) is 0 Å². The molecule has 1 amide bonds. The van der Waals surface area contributed by atoms with Crippen LogP contribution < -0.4 is 5.73 Å². The Balaban J connectivity index is 1.71. The Morgan fingerprint density at radius 2 is 1.79 bits per heavy atom. The number of fused-ring (bicyclic) bond motifs is 1. The summed E-state index contributed by atoms with van der Waals surface area (Å²) in [6.07, 6.45) is 11.2. The molecule has 108 valence electrons. The van der Waals surface area contributed by atoms with Crippen molar-refractivity contribution >= 4 is 5.91 Å². The molecule has 2 N–H and O–H groups in total. The third-order valence-electron chi connectivity index (χ3n) is 5.81. The Morgan fingerprint density at radius 1 is 1.00 bits per heavy atom. The first-order chi connectivity index (χ1) is 9.31. The van der Waals surface area contributed by atoms with Gasteiger partial charge in [0.05, 0.1) is 0 Å². The predicted octanol–water partition coefficient (Wildman–Crippen LogP) is 2.54. The third kappa shape index (κ3) is 2.54. The summed E-state index contributed by atoms with van der Waals surface area (Å²) in [6, 6.07) is 0.571. The second-order valence-corrected chi connectivity index (χ2v) is 6.82. The number of rotatable bonds is 2. The van der Waals surface area contributed by atoms with Crippen molar-refractivity contribution in [2.75, 3.05) is 13.1 Å². The smallest absolute Gasteiger partial charge is 0.226 e. The van der Waals surface area contributed by atoms with E-state index in [4.69, 9.17) is 5.73 Å². The first kappa shape index (κ1) is 13.4. The number of carbonyl (C=O) groups excluding carboxylic acids is 1. The molecule has 1 aliphatic heterocycles. The lowest BCUT2D eigenvalue weighted by atomic mass is 9.77. The predicted molar refractivity (Wildman–Crippen MR) is 76.6 cm³/mol. The Bertz CT molecular complexity index is 331. The number of likely N-dealkylation sites (tertiary alicyclic amines) is 1. The van der Waals surface area contributed by atoms with Crippen molar-refractivity contribution in [1.82, 2.24) is 4.90 Å². The van der Waals surface area contributed by atoms with Crippen LogP contribution >= 0.6 is 0 Å². The van der Waals surface area contributed by atoms with E-state index in [2.05, 4.69) is 4.90 Å². The molecule has 1 saturated heterocycles. The minimum atomic E-state index is 0.234. The maximum atomic E-state index is 12.9. The molecule has 1 heterocycles. The molecule has 4 atom stereocenters. The largest absolute Gasteiger partial charge is 0.339 e. The minimum absolute atomic E-state index is 0.234. The van der Waals surface area contributed by atoms with Gasteiger partial charge in [0.2, 0.25) is 5.91 Å². The standard InChI is InChI=1S/C16H28N2O/c17-11-13-5-1-2-8-14(13)16(19)18-10-4-7-12-6-3-9-15(12)18/h12-15H,1-11,17H2. The molecule has 3 nitrogen and oxygen atoms in total. The Morgan fingerprint density at radius 3 is 2.63 bits per heavy atom. The van der Waals surface area contributed by atoms with Gasteiger partial charge in [0, 0.05) is 18.5 Å². The van der Waals surface area contributed by atoms with Crippen LogP contribution in [0.1, 0.15) is 57.8 Å². The second-order valence-electron chi connectivity index (χ2n) is 6.82. The lowest BCUT2D eigenvalue weighted by Gasteiger charge is -2.42. The van der Waals surface area contributed by atoms with Crippen LogP contribution in [0.25, 0.3) is 0 Å². The van der Waals surface area contributed by atoms with Gasteiger partial charge >= 0.3 is 0 Å². The fraction of sp³-hybridized carbons (Fsp3) is 0.938. The maximum absolute atomic E-state index is 12.9. The molecular weight excluding hydrogens is 236 g/mol. The first-order valence-electron chi connectivity index (χ1n) is 8.32. The van der Waals surface area contributed by atoms with E-state index in [1.807, 2.05) is 0 Å². The van der Waals surface area contributed by atoms with Crippen LogP contribution in [0.4, 0.5) is 0 Å². The van der Waals surface area contributed by atoms with E-state index in [-0.39, 0.29) is 5.92 Å². The molecule has 0 radical (unpaired) electrons. The number of hydrogen-bond acceptors (Lipinski definition) is 2. The van der Waals surface area contributed by atoms with Gasteiger partial charge in [0.1, 0.15) is 0 Å². The molecule has 2 saturated carbocycles. The fourth-order valence-corrected chi connectivity index (χ4v) is 4.76. The SMILES string of the molecule is NCC1CCCCC1C(=O)N1CCCC2CCCC21. The Labute approximate surface area is 116 Å². The number of nitrogens with two attached hydrogens (primary N) is 1. The molecule has 4 unspecified atom stereocenters. The van der Waals surface area contributed by atoms with Gasteiger partial charge in [-0.25, -0.2) is 0 Å². The summed E-state index contributed by atoms with van der Waals surface area (Å²) in [5.74, 6) is 1.94. The van der Waals surface area contributed by atoms with Gasteiger partial charge in [0.15, 0.2) is 0 Å². The minimum Gasteiger partial charge on any atom is -0.339 e. The highest BCUT2D eigenvalue weighted by atomic mass is 16.2. The Kier molecular flexibility index (Phi) is 4.11. The summed E-state index contributed by atoms with van der Waals surface area (Å²) in [7, 11) is 0. The molecule has 3 rings (SSSR count). The lowest BCUT2D eigenvalue weighted by Crippen LogP contribution is -2.50. The van der Waals surface area contributed by atoms with Gasteiger partial charge in [-0.15, -0.1) is 0 Å². The summed E-state index contributed by atoms with van der Waals surface area (Å²) in [5, 5.41) is 0. The average Bonchev–Trinajstić information content (AvgIpc) is 2.94. The first-order valence-corrected chi connectivity index (χ1v) is 8.32. The van der Waals surface area contributed by atoms with Gasteiger partial charge in [-0.3, -0.25) is 4.79 Å². The van der Waals surface area contributed by atoms with Crippen molar-refractivity contribution in [3.8, 4) is 0 Å². The zero-order valence-electron chi connectivity index (χ0n) is 12.0. The van der Waals surface area contributed by atoms with Gasteiger partial charge in [-0.1, -0.05) is 19.3 Å². The van der Waals surface area contributed by atoms with Crippen LogP contribution in [-0.4, -0.2) is 29.9 Å². The topological polar surface area (TPSA) is 46.3 Å². The van der Waals surface area contributed by atoms with Crippen LogP contribution in [0, 0.1) is 17.8 Å². The van der Waals surface area contributed by atoms with Crippen molar-refractivity contribution < 1.29 is 4.79 Å². The van der Waals surface area contributed by atoms with Crippen LogP contribution in [0.5, 0.6) is 0 Å². The quantitative estimate of drug-likeness (QED) is 0.833. The van der Waals surface area contributed by atoms with Crippen molar-refractivity contribution in [1.29, 1.82) is 0 Å². The molecule has 0 aromatic rings. The fourth-order valence-electron chi connectivity index (χ4n) is 4.76. The molecule has 0 bridgehead atoms. The molecule has 3 aliphatic rings. The molecular formula is C16H28N2O. The normalized spacial score (nSPS) is 39.1. The highest BCUT2D eigenvalue weighted by Gasteiger charge is 2.41. The molecule has 3 fully saturated rings. The number of piperidine rings is 1. The zero-order valence-corrected chi connectivity index (χ0v) is 12.0. The van der Waals surface area contributed by atoms with Crippen molar-refractivity contribution in [2.45, 2.75) is 63.8 Å². The molecule has 0 aromatic heterocycles. The van der Waals surface area contributed by atoms with Gasteiger partial charge < -0.3 is 10.6 Å². The molecule has 19 heavy (non-hydrogen) atoms. The lowest BCUT2D eigenvalue weighted by molar-refractivity contribution is -0.143. The van der Waals surface area contributed by atoms with Crippen LogP contribution in [0.15, 0.2) is 0 Å². The van der Waals surface area contributed by atoms with E-state index in [1.165, 1.54) is 44.9 Å². The van der Waals surface area contributed by atoms with Crippen molar-refractivity contribution in [3.05, 3.63) is 0 Å². The average molecular weight is 264 g/mol. The molecule has 3 heteroatoms. The zero-order chi connectivity index (χ0) is 13.2. The molecule has 0 spiro atoms. The van der Waals surface area contributed by atoms with Crippen LogP contribution in [-0.2, 0) is 4.79 Å². The number of amides is 1. The van der Waals surface area contributed by atoms with Crippen molar-refractivity contribution in [3.63, 3.8) is 0 Å². The van der Waals surface area contributed by atoms with E-state index in [9.17, 15) is 4.79 Å². The van der Waals surface area contributed by atoms with E-state index in [0.717, 1.165) is 25.3 Å². The van der Waals surface area contributed by atoms with Crippen molar-refractivity contribution in [2.24, 2.45) is 23.5 Å². The molecule has 0 aromatic carbocycles. The van der Waals surface area contributed by atoms with Crippen LogP contribution in [0.3, 0.4) is 0 Å². The van der Waals surface area contributed by atoms with Gasteiger partial charge in [0.25, 0.3) is 0 Å². The third-order valence-corrected chi connectivity index (χ3v) is 5.81. The van der Waals surface area contributed by atoms with Gasteiger partial charge in [-0.2, -0.15) is 0 Å². The molecule has 2 aliphatic carbocycles. The second kappa shape index (κ2) is 5.82. The summed E-state index contributed by atoms with van der Waals surface area (Å²) < 4.78 is 0.